The van der Waals surface area contributed by atoms with Crippen molar-refractivity contribution in [3.8, 4) is 10.7 Å². The van der Waals surface area contributed by atoms with Crippen molar-refractivity contribution in [3.05, 3.63) is 29.6 Å². The van der Waals surface area contributed by atoms with E-state index < -0.39 is 5.97 Å². The van der Waals surface area contributed by atoms with Gasteiger partial charge < -0.3 is 10.1 Å². The minimum absolute atomic E-state index is 0.131. The maximum atomic E-state index is 11.8. The van der Waals surface area contributed by atoms with Crippen LogP contribution in [0.3, 0.4) is 0 Å². The number of nitrogens with one attached hydrogen (secondary N) is 1. The van der Waals surface area contributed by atoms with E-state index in [0.29, 0.717) is 23.1 Å². The summed E-state index contributed by atoms with van der Waals surface area (Å²) in [5, 5.41) is 17.9. The van der Waals surface area contributed by atoms with Crippen LogP contribution in [0.5, 0.6) is 0 Å². The molecule has 10 heteroatoms. The van der Waals surface area contributed by atoms with Crippen LogP contribution < -0.4 is 5.32 Å². The Balaban J connectivity index is 1.63. The van der Waals surface area contributed by atoms with Crippen LogP contribution in [-0.2, 0) is 14.3 Å². The van der Waals surface area contributed by atoms with Crippen molar-refractivity contribution >= 4 is 40.6 Å². The van der Waals surface area contributed by atoms with E-state index in [-0.39, 0.29) is 18.2 Å². The highest BCUT2D eigenvalue weighted by Gasteiger charge is 2.12. The Morgan fingerprint density at radius 1 is 1.32 bits per heavy atom. The van der Waals surface area contributed by atoms with Crippen molar-refractivity contribution in [1.82, 2.24) is 25.1 Å². The predicted molar refractivity (Wildman–Crippen MR) is 94.5 cm³/mol. The summed E-state index contributed by atoms with van der Waals surface area (Å²) in [6.45, 7) is 1.87. The number of thiophene rings is 1. The maximum absolute atomic E-state index is 11.8. The van der Waals surface area contributed by atoms with Gasteiger partial charge in [0.05, 0.1) is 17.2 Å². The summed E-state index contributed by atoms with van der Waals surface area (Å²) in [6, 6.07) is 7.47. The third-order valence-corrected chi connectivity index (χ3v) is 4.85. The Morgan fingerprint density at radius 2 is 2.20 bits per heavy atom. The summed E-state index contributed by atoms with van der Waals surface area (Å²) in [5.74, 6) is 0.0980. The largest absolute Gasteiger partial charge is 0.465 e. The number of hydrogen-bond donors (Lipinski definition) is 1. The summed E-state index contributed by atoms with van der Waals surface area (Å²) >= 11 is 2.82. The number of aromatic nitrogens is 4. The normalized spacial score (nSPS) is 10.8. The molecule has 0 aromatic carbocycles. The smallest absolute Gasteiger partial charge is 0.325 e. The molecule has 0 saturated carbocycles. The van der Waals surface area contributed by atoms with Crippen LogP contribution in [0, 0.1) is 0 Å². The number of thioether (sulfide) groups is 1. The van der Waals surface area contributed by atoms with Gasteiger partial charge in [-0.15, -0.1) is 21.5 Å². The summed E-state index contributed by atoms with van der Waals surface area (Å²) < 4.78 is 6.41. The molecule has 3 aromatic heterocycles. The first-order valence-corrected chi connectivity index (χ1v) is 9.35. The van der Waals surface area contributed by atoms with Crippen LogP contribution in [0.4, 0.5) is 0 Å². The van der Waals surface area contributed by atoms with Crippen LogP contribution >= 0.6 is 23.1 Å². The minimum atomic E-state index is -0.453. The summed E-state index contributed by atoms with van der Waals surface area (Å²) in [5.41, 5.74) is 0.638. The van der Waals surface area contributed by atoms with Crippen LogP contribution in [0.2, 0.25) is 0 Å². The number of esters is 1. The third kappa shape index (κ3) is 4.34. The highest BCUT2D eigenvalue weighted by Crippen LogP contribution is 2.24. The van der Waals surface area contributed by atoms with Gasteiger partial charge in [-0.1, -0.05) is 17.8 Å². The van der Waals surface area contributed by atoms with Gasteiger partial charge in [0.25, 0.3) is 0 Å². The highest BCUT2D eigenvalue weighted by molar-refractivity contribution is 7.99. The lowest BCUT2D eigenvalue weighted by Crippen LogP contribution is -2.31. The molecule has 0 saturated heterocycles. The SMILES string of the molecule is CCOC(=O)CNC(=O)CSc1ccc2nnc(-c3cccs3)n2n1. The zero-order valence-corrected chi connectivity index (χ0v) is 15.0. The van der Waals surface area contributed by atoms with Crippen molar-refractivity contribution < 1.29 is 14.3 Å². The molecule has 0 fully saturated rings. The summed E-state index contributed by atoms with van der Waals surface area (Å²) in [6.07, 6.45) is 0. The second kappa shape index (κ2) is 8.08. The van der Waals surface area contributed by atoms with E-state index in [9.17, 15) is 9.59 Å². The third-order valence-electron chi connectivity index (χ3n) is 3.07. The average Bonchev–Trinajstić information content (AvgIpc) is 3.27. The van der Waals surface area contributed by atoms with Gasteiger partial charge in [-0.2, -0.15) is 9.61 Å². The van der Waals surface area contributed by atoms with Crippen molar-refractivity contribution in [2.75, 3.05) is 18.9 Å². The van der Waals surface area contributed by atoms with E-state index in [4.69, 9.17) is 4.74 Å². The minimum Gasteiger partial charge on any atom is -0.465 e. The first-order valence-electron chi connectivity index (χ1n) is 7.49. The fourth-order valence-electron chi connectivity index (χ4n) is 1.98. The second-order valence-corrected chi connectivity index (χ2v) is 6.76. The van der Waals surface area contributed by atoms with Crippen molar-refractivity contribution in [1.29, 1.82) is 0 Å². The zero-order chi connectivity index (χ0) is 17.6. The Morgan fingerprint density at radius 3 is 2.96 bits per heavy atom. The molecule has 3 aromatic rings. The van der Waals surface area contributed by atoms with Gasteiger partial charge in [0.1, 0.15) is 11.6 Å². The van der Waals surface area contributed by atoms with Gasteiger partial charge in [-0.25, -0.2) is 0 Å². The van der Waals surface area contributed by atoms with E-state index in [0.717, 1.165) is 4.88 Å². The maximum Gasteiger partial charge on any atom is 0.325 e. The number of carbonyl (C=O) groups excluding carboxylic acids is 2. The number of rotatable bonds is 7. The van der Waals surface area contributed by atoms with Crippen LogP contribution in [0.25, 0.3) is 16.3 Å². The predicted octanol–water partition coefficient (Wildman–Crippen LogP) is 1.62. The van der Waals surface area contributed by atoms with E-state index in [1.807, 2.05) is 17.5 Å². The topological polar surface area (TPSA) is 98.5 Å². The lowest BCUT2D eigenvalue weighted by Gasteiger charge is -2.05. The Hall–Kier alpha value is -2.46. The number of ether oxygens (including phenoxy) is 1. The van der Waals surface area contributed by atoms with Crippen LogP contribution in [0.1, 0.15) is 6.92 Å². The molecule has 0 aliphatic heterocycles. The van der Waals surface area contributed by atoms with Gasteiger partial charge in [0.15, 0.2) is 11.5 Å². The lowest BCUT2D eigenvalue weighted by atomic mass is 10.4. The second-order valence-electron chi connectivity index (χ2n) is 4.81. The number of nitrogens with zero attached hydrogens (tertiary/aromatic N) is 4. The number of hydrogen-bond acceptors (Lipinski definition) is 8. The number of carbonyl (C=O) groups is 2. The fourth-order valence-corrected chi connectivity index (χ4v) is 3.36. The molecule has 0 aliphatic rings. The summed E-state index contributed by atoms with van der Waals surface area (Å²) in [7, 11) is 0. The molecule has 3 heterocycles. The van der Waals surface area contributed by atoms with E-state index in [2.05, 4.69) is 20.6 Å². The van der Waals surface area contributed by atoms with Gasteiger partial charge >= 0.3 is 5.97 Å². The molecule has 130 valence electrons. The van der Waals surface area contributed by atoms with E-state index in [1.54, 1.807) is 34.9 Å². The van der Waals surface area contributed by atoms with Crippen LogP contribution in [-0.4, -0.2) is 50.6 Å². The first-order chi connectivity index (χ1) is 12.2. The number of amides is 1. The molecule has 0 unspecified atom stereocenters. The molecule has 0 bridgehead atoms. The highest BCUT2D eigenvalue weighted by atomic mass is 32.2. The van der Waals surface area contributed by atoms with Gasteiger partial charge in [0.2, 0.25) is 5.91 Å². The number of fused-ring (bicyclic) bond motifs is 1. The lowest BCUT2D eigenvalue weighted by molar-refractivity contribution is -0.143. The standard InChI is InChI=1S/C15H15N5O3S2/c1-2-23-14(22)8-16-12(21)9-25-13-6-5-11-17-18-15(20(11)19-13)10-4-3-7-24-10/h3-7H,2,8-9H2,1H3,(H,16,21). The van der Waals surface area contributed by atoms with Gasteiger partial charge in [0, 0.05) is 0 Å². The average molecular weight is 377 g/mol. The Labute approximate surface area is 151 Å². The molecule has 25 heavy (non-hydrogen) atoms. The van der Waals surface area contributed by atoms with E-state index in [1.165, 1.54) is 11.8 Å². The van der Waals surface area contributed by atoms with Crippen molar-refractivity contribution in [3.63, 3.8) is 0 Å². The fraction of sp³-hybridized carbons (Fsp3) is 0.267. The Bertz CT molecular complexity index is 879. The van der Waals surface area contributed by atoms with Crippen LogP contribution in [0.15, 0.2) is 34.7 Å². The van der Waals surface area contributed by atoms with Crippen molar-refractivity contribution in [2.45, 2.75) is 11.9 Å². The molecular weight excluding hydrogens is 362 g/mol. The molecular formula is C15H15N5O3S2. The quantitative estimate of drug-likeness (QED) is 0.493. The summed E-state index contributed by atoms with van der Waals surface area (Å²) in [4.78, 5) is 24.0. The molecule has 1 N–H and O–H groups in total. The zero-order valence-electron chi connectivity index (χ0n) is 13.3. The molecule has 8 nitrogen and oxygen atoms in total. The molecule has 0 radical (unpaired) electrons. The molecule has 3 rings (SSSR count). The first kappa shape index (κ1) is 17.4. The van der Waals surface area contributed by atoms with E-state index >= 15 is 0 Å². The van der Waals surface area contributed by atoms with Gasteiger partial charge in [-0.05, 0) is 30.5 Å². The molecule has 1 amide bonds. The molecule has 0 spiro atoms. The monoisotopic (exact) mass is 377 g/mol. The molecule has 0 aliphatic carbocycles. The van der Waals surface area contributed by atoms with Gasteiger partial charge in [-0.3, -0.25) is 9.59 Å². The van der Waals surface area contributed by atoms with Crippen molar-refractivity contribution in [2.24, 2.45) is 0 Å². The Kier molecular flexibility index (Phi) is 5.61. The molecule has 0 atom stereocenters.